The lowest BCUT2D eigenvalue weighted by molar-refractivity contribution is 0.0749. The molecule has 0 N–H and O–H groups in total. The molecule has 5 amide bonds. The molecule has 3 aliphatic rings. The van der Waals surface area contributed by atoms with Crippen molar-refractivity contribution in [2.75, 3.05) is 22.9 Å². The van der Waals surface area contributed by atoms with Crippen molar-refractivity contribution in [3.05, 3.63) is 106 Å². The Labute approximate surface area is 280 Å². The van der Waals surface area contributed by atoms with Crippen LogP contribution in [0.5, 0.6) is 0 Å². The van der Waals surface area contributed by atoms with Crippen LogP contribution >= 0.6 is 0 Å². The normalized spacial score (nSPS) is 16.0. The summed E-state index contributed by atoms with van der Waals surface area (Å²) in [5.41, 5.74) is 3.39. The molecular formula is C40H39N3O5. The Morgan fingerprint density at radius 3 is 1.60 bits per heavy atom. The van der Waals surface area contributed by atoms with Gasteiger partial charge >= 0.3 is 0 Å². The molecule has 4 aromatic rings. The van der Waals surface area contributed by atoms with Gasteiger partial charge in [0, 0.05) is 51.7 Å². The van der Waals surface area contributed by atoms with Crippen LogP contribution in [-0.2, 0) is 0 Å². The first-order valence-corrected chi connectivity index (χ1v) is 17.2. The number of nitrogens with zero attached hydrogens (tertiary/aromatic N) is 3. The van der Waals surface area contributed by atoms with Crippen molar-refractivity contribution >= 4 is 51.7 Å². The molecular weight excluding hydrogens is 602 g/mol. The topological polar surface area (TPSA) is 95.1 Å². The Morgan fingerprint density at radius 2 is 1.12 bits per heavy atom. The summed E-state index contributed by atoms with van der Waals surface area (Å²) in [6, 6.07) is 20.6. The molecule has 8 nitrogen and oxygen atoms in total. The summed E-state index contributed by atoms with van der Waals surface area (Å²) in [4.78, 5) is 73.6. The lowest BCUT2D eigenvalue weighted by Crippen LogP contribution is -2.43. The van der Waals surface area contributed by atoms with Crippen LogP contribution in [-0.4, -0.2) is 47.5 Å². The highest BCUT2D eigenvalue weighted by Gasteiger charge is 2.41. The third-order valence-electron chi connectivity index (χ3n) is 10.1. The second kappa shape index (κ2) is 12.8. The fraction of sp³-hybridized carbons (Fsp3) is 0.325. The Bertz CT molecular complexity index is 1900. The van der Waals surface area contributed by atoms with Crippen LogP contribution in [0.15, 0.2) is 72.8 Å². The highest BCUT2D eigenvalue weighted by Crippen LogP contribution is 2.41. The van der Waals surface area contributed by atoms with E-state index in [0.717, 1.165) is 43.4 Å². The van der Waals surface area contributed by atoms with Crippen LogP contribution in [0.2, 0.25) is 0 Å². The van der Waals surface area contributed by atoms with E-state index in [0.29, 0.717) is 46.7 Å². The van der Waals surface area contributed by atoms with Gasteiger partial charge in [-0.05, 0) is 91.8 Å². The van der Waals surface area contributed by atoms with E-state index in [1.54, 1.807) is 48.5 Å². The minimum Gasteiger partial charge on any atom is -0.339 e. The minimum absolute atomic E-state index is 0.135. The van der Waals surface area contributed by atoms with Gasteiger partial charge in [0.2, 0.25) is 0 Å². The summed E-state index contributed by atoms with van der Waals surface area (Å²) in [5.74, 6) is -1.75. The molecule has 8 heteroatoms. The van der Waals surface area contributed by atoms with E-state index in [9.17, 15) is 24.0 Å². The van der Waals surface area contributed by atoms with E-state index < -0.39 is 23.6 Å². The molecule has 48 heavy (non-hydrogen) atoms. The van der Waals surface area contributed by atoms with Crippen LogP contribution in [0.25, 0.3) is 10.8 Å². The Hall–Kier alpha value is -5.11. The van der Waals surface area contributed by atoms with Gasteiger partial charge in [-0.3, -0.25) is 24.0 Å². The highest BCUT2D eigenvalue weighted by atomic mass is 16.2. The zero-order valence-corrected chi connectivity index (χ0v) is 27.5. The summed E-state index contributed by atoms with van der Waals surface area (Å²) < 4.78 is 0. The number of unbranched alkanes of at least 4 members (excludes halogenated alkanes) is 2. The number of hydrogen-bond acceptors (Lipinski definition) is 5. The summed E-state index contributed by atoms with van der Waals surface area (Å²) in [6.45, 7) is 5.45. The zero-order chi connectivity index (χ0) is 33.5. The van der Waals surface area contributed by atoms with Gasteiger partial charge in [0.15, 0.2) is 0 Å². The van der Waals surface area contributed by atoms with Crippen molar-refractivity contribution in [1.82, 2.24) is 4.90 Å². The maximum Gasteiger partial charge on any atom is 0.265 e. The molecule has 7 rings (SSSR count). The smallest absolute Gasteiger partial charge is 0.265 e. The van der Waals surface area contributed by atoms with E-state index in [1.807, 2.05) is 29.2 Å². The molecule has 244 valence electrons. The van der Waals surface area contributed by atoms with Gasteiger partial charge in [0.25, 0.3) is 29.5 Å². The quantitative estimate of drug-likeness (QED) is 0.163. The fourth-order valence-corrected chi connectivity index (χ4v) is 7.47. The summed E-state index contributed by atoms with van der Waals surface area (Å²) in [7, 11) is 0. The number of imide groups is 2. The van der Waals surface area contributed by atoms with E-state index in [2.05, 4.69) is 13.8 Å². The molecule has 4 aromatic carbocycles. The number of carbonyl (C=O) groups is 5. The van der Waals surface area contributed by atoms with Crippen LogP contribution in [0.1, 0.15) is 128 Å². The first-order valence-electron chi connectivity index (χ1n) is 17.2. The molecule has 0 bridgehead atoms. The molecule has 1 aliphatic carbocycles. The molecule has 0 aromatic heterocycles. The molecule has 0 atom stereocenters. The number of anilines is 2. The van der Waals surface area contributed by atoms with Gasteiger partial charge in [-0.25, -0.2) is 9.80 Å². The molecule has 1 fully saturated rings. The second-order valence-corrected chi connectivity index (χ2v) is 13.1. The Kier molecular flexibility index (Phi) is 8.42. The molecule has 0 radical (unpaired) electrons. The predicted molar refractivity (Wildman–Crippen MR) is 186 cm³/mol. The number of rotatable bonds is 10. The SMILES string of the molecule is CCCCN(CCCC)C(=O)c1cccc(N2C(=O)c3ccc4c5c(ccc(c35)C2=O)C(=O)N(c2ccc(C3CCCC3)cc2)C4=O)c1. The van der Waals surface area contributed by atoms with Crippen molar-refractivity contribution in [1.29, 1.82) is 0 Å². The van der Waals surface area contributed by atoms with Crippen molar-refractivity contribution in [2.24, 2.45) is 0 Å². The van der Waals surface area contributed by atoms with Crippen molar-refractivity contribution in [2.45, 2.75) is 71.1 Å². The molecule has 2 aliphatic heterocycles. The zero-order valence-electron chi connectivity index (χ0n) is 27.5. The lowest BCUT2D eigenvalue weighted by atomic mass is 9.85. The van der Waals surface area contributed by atoms with Crippen molar-refractivity contribution in [3.8, 4) is 0 Å². The summed E-state index contributed by atoms with van der Waals surface area (Å²) in [5, 5.41) is 0.637. The predicted octanol–water partition coefficient (Wildman–Crippen LogP) is 8.14. The second-order valence-electron chi connectivity index (χ2n) is 13.1. The fourth-order valence-electron chi connectivity index (χ4n) is 7.47. The van der Waals surface area contributed by atoms with Crippen molar-refractivity contribution in [3.63, 3.8) is 0 Å². The van der Waals surface area contributed by atoms with Gasteiger partial charge in [0.05, 0.1) is 11.4 Å². The average molecular weight is 642 g/mol. The standard InChI is InChI=1S/C40H39N3O5/c1-3-5-22-41(23-6-4-2)36(44)27-12-9-13-29(24-27)43-39(47)32-20-18-30-34-31(19-21-33(35(32)34)40(43)48)38(46)42(37(30)45)28-16-14-26(15-17-28)25-10-7-8-11-25/h9,12-21,24-25H,3-8,10-11,22-23H2,1-2H3. The summed E-state index contributed by atoms with van der Waals surface area (Å²) in [6.07, 6.45) is 8.43. The van der Waals surface area contributed by atoms with Gasteiger partial charge in [0.1, 0.15) is 0 Å². The van der Waals surface area contributed by atoms with Crippen LogP contribution in [0.3, 0.4) is 0 Å². The Balaban J connectivity index is 1.22. The van der Waals surface area contributed by atoms with Crippen LogP contribution in [0.4, 0.5) is 11.4 Å². The average Bonchev–Trinajstić information content (AvgIpc) is 3.65. The van der Waals surface area contributed by atoms with Gasteiger partial charge in [-0.15, -0.1) is 0 Å². The molecule has 0 unspecified atom stereocenters. The van der Waals surface area contributed by atoms with Crippen LogP contribution in [0, 0.1) is 0 Å². The maximum absolute atomic E-state index is 14.1. The largest absolute Gasteiger partial charge is 0.339 e. The minimum atomic E-state index is -0.570. The molecule has 0 saturated heterocycles. The first-order chi connectivity index (χ1) is 23.3. The third kappa shape index (κ3) is 5.20. The van der Waals surface area contributed by atoms with Gasteiger partial charge < -0.3 is 4.90 Å². The van der Waals surface area contributed by atoms with Gasteiger partial charge in [-0.2, -0.15) is 0 Å². The first kappa shape index (κ1) is 31.5. The number of hydrogen-bond donors (Lipinski definition) is 0. The monoisotopic (exact) mass is 641 g/mol. The summed E-state index contributed by atoms with van der Waals surface area (Å²) >= 11 is 0. The Morgan fingerprint density at radius 1 is 0.646 bits per heavy atom. The van der Waals surface area contributed by atoms with Gasteiger partial charge in [-0.1, -0.05) is 57.7 Å². The number of amides is 5. The molecule has 1 saturated carbocycles. The van der Waals surface area contributed by atoms with Crippen molar-refractivity contribution < 1.29 is 24.0 Å². The maximum atomic E-state index is 14.1. The third-order valence-corrected chi connectivity index (χ3v) is 10.1. The highest BCUT2D eigenvalue weighted by molar-refractivity contribution is 6.42. The van der Waals surface area contributed by atoms with Crippen LogP contribution < -0.4 is 9.80 Å². The van der Waals surface area contributed by atoms with E-state index in [-0.39, 0.29) is 28.2 Å². The molecule has 2 heterocycles. The number of benzene rings is 4. The van der Waals surface area contributed by atoms with E-state index in [1.165, 1.54) is 23.3 Å². The van der Waals surface area contributed by atoms with E-state index >= 15 is 0 Å². The molecule has 0 spiro atoms. The van der Waals surface area contributed by atoms with E-state index in [4.69, 9.17) is 0 Å². The number of carbonyl (C=O) groups excluding carboxylic acids is 5. The lowest BCUT2D eigenvalue weighted by Gasteiger charge is -2.32.